The van der Waals surface area contributed by atoms with Crippen LogP contribution in [0.5, 0.6) is 0 Å². The van der Waals surface area contributed by atoms with Crippen molar-refractivity contribution in [1.82, 2.24) is 5.32 Å². The maximum absolute atomic E-state index is 11.6. The maximum Gasteiger partial charge on any atom is 0.253 e. The van der Waals surface area contributed by atoms with E-state index in [9.17, 15) is 4.79 Å². The number of hydrogen-bond donors (Lipinski definition) is 1. The Balaban J connectivity index is 1.63. The average Bonchev–Trinajstić information content (AvgIpc) is 2.87. The topological polar surface area (TPSA) is 41.6 Å². The van der Waals surface area contributed by atoms with Crippen molar-refractivity contribution in [1.29, 1.82) is 0 Å². The Hall–Kier alpha value is -1.39. The SMILES string of the molecule is O=C1CCON1c1ccc(CC2CCCNC2)cc1. The summed E-state index contributed by atoms with van der Waals surface area (Å²) in [4.78, 5) is 16.9. The minimum atomic E-state index is 0.0456. The van der Waals surface area contributed by atoms with Crippen LogP contribution in [0.25, 0.3) is 0 Å². The number of amides is 1. The number of piperidine rings is 1. The molecule has 0 saturated carbocycles. The lowest BCUT2D eigenvalue weighted by Crippen LogP contribution is -2.30. The molecule has 1 amide bonds. The molecule has 1 aromatic carbocycles. The molecule has 2 saturated heterocycles. The molecule has 19 heavy (non-hydrogen) atoms. The molecule has 2 aliphatic heterocycles. The van der Waals surface area contributed by atoms with Gasteiger partial charge in [0.1, 0.15) is 0 Å². The van der Waals surface area contributed by atoms with E-state index in [2.05, 4.69) is 17.4 Å². The Kier molecular flexibility index (Phi) is 3.80. The molecule has 102 valence electrons. The highest BCUT2D eigenvalue weighted by molar-refractivity contribution is 5.92. The summed E-state index contributed by atoms with van der Waals surface area (Å²) in [5.74, 6) is 0.786. The highest BCUT2D eigenvalue weighted by atomic mass is 16.7. The second-order valence-electron chi connectivity index (χ2n) is 5.35. The largest absolute Gasteiger partial charge is 0.316 e. The van der Waals surface area contributed by atoms with E-state index in [-0.39, 0.29) is 5.91 Å². The number of carbonyl (C=O) groups is 1. The van der Waals surface area contributed by atoms with Gasteiger partial charge in [-0.3, -0.25) is 9.63 Å². The zero-order chi connectivity index (χ0) is 13.1. The zero-order valence-corrected chi connectivity index (χ0v) is 11.1. The van der Waals surface area contributed by atoms with Gasteiger partial charge in [-0.25, -0.2) is 0 Å². The Morgan fingerprint density at radius 2 is 2.16 bits per heavy atom. The molecule has 2 heterocycles. The molecule has 0 aliphatic carbocycles. The third-order valence-electron chi connectivity index (χ3n) is 3.86. The van der Waals surface area contributed by atoms with Crippen LogP contribution in [-0.4, -0.2) is 25.6 Å². The lowest BCUT2D eigenvalue weighted by atomic mass is 9.92. The van der Waals surface area contributed by atoms with Crippen molar-refractivity contribution in [3.63, 3.8) is 0 Å². The molecule has 1 aromatic rings. The van der Waals surface area contributed by atoms with Crippen LogP contribution >= 0.6 is 0 Å². The summed E-state index contributed by atoms with van der Waals surface area (Å²) in [6, 6.07) is 8.18. The van der Waals surface area contributed by atoms with Crippen LogP contribution in [0, 0.1) is 5.92 Å². The lowest BCUT2D eigenvalue weighted by Gasteiger charge is -2.23. The van der Waals surface area contributed by atoms with Gasteiger partial charge in [-0.1, -0.05) is 12.1 Å². The Bertz CT molecular complexity index is 438. The first kappa shape index (κ1) is 12.6. The summed E-state index contributed by atoms with van der Waals surface area (Å²) < 4.78 is 0. The predicted molar refractivity (Wildman–Crippen MR) is 73.8 cm³/mol. The molecule has 0 bridgehead atoms. The van der Waals surface area contributed by atoms with Crippen molar-refractivity contribution in [2.45, 2.75) is 25.7 Å². The van der Waals surface area contributed by atoms with Crippen molar-refractivity contribution in [2.24, 2.45) is 5.92 Å². The molecule has 1 atom stereocenters. The number of rotatable bonds is 3. The minimum Gasteiger partial charge on any atom is -0.316 e. The number of nitrogens with one attached hydrogen (secondary N) is 1. The second-order valence-corrected chi connectivity index (χ2v) is 5.35. The van der Waals surface area contributed by atoms with Crippen LogP contribution in [-0.2, 0) is 16.1 Å². The van der Waals surface area contributed by atoms with Gasteiger partial charge in [0.25, 0.3) is 5.91 Å². The number of hydrogen-bond acceptors (Lipinski definition) is 3. The van der Waals surface area contributed by atoms with Gasteiger partial charge >= 0.3 is 0 Å². The Morgan fingerprint density at radius 3 is 2.79 bits per heavy atom. The summed E-state index contributed by atoms with van der Waals surface area (Å²) in [5.41, 5.74) is 2.18. The standard InChI is InChI=1S/C15H20N2O2/c18-15-7-9-19-17(15)14-5-3-12(4-6-14)10-13-2-1-8-16-11-13/h3-6,13,16H,1-2,7-11H2. The normalized spacial score (nSPS) is 23.9. The quantitative estimate of drug-likeness (QED) is 0.902. The first-order chi connectivity index (χ1) is 9.33. The Labute approximate surface area is 113 Å². The molecule has 2 fully saturated rings. The highest BCUT2D eigenvalue weighted by Gasteiger charge is 2.23. The van der Waals surface area contributed by atoms with Crippen molar-refractivity contribution in [2.75, 3.05) is 24.8 Å². The van der Waals surface area contributed by atoms with E-state index in [1.165, 1.54) is 23.5 Å². The van der Waals surface area contributed by atoms with E-state index >= 15 is 0 Å². The van der Waals surface area contributed by atoms with Crippen LogP contribution in [0.2, 0.25) is 0 Å². The summed E-state index contributed by atoms with van der Waals surface area (Å²) in [6.07, 6.45) is 4.18. The van der Waals surface area contributed by atoms with E-state index in [4.69, 9.17) is 4.84 Å². The van der Waals surface area contributed by atoms with Crippen molar-refractivity contribution in [3.05, 3.63) is 29.8 Å². The van der Waals surface area contributed by atoms with E-state index in [0.29, 0.717) is 13.0 Å². The fraction of sp³-hybridized carbons (Fsp3) is 0.533. The summed E-state index contributed by atoms with van der Waals surface area (Å²) >= 11 is 0. The van der Waals surface area contributed by atoms with Crippen LogP contribution in [0.4, 0.5) is 5.69 Å². The first-order valence-corrected chi connectivity index (χ1v) is 7.08. The van der Waals surface area contributed by atoms with Crippen LogP contribution in [0.3, 0.4) is 0 Å². The second kappa shape index (κ2) is 5.72. The van der Waals surface area contributed by atoms with E-state index < -0.39 is 0 Å². The zero-order valence-electron chi connectivity index (χ0n) is 11.1. The minimum absolute atomic E-state index is 0.0456. The van der Waals surface area contributed by atoms with Crippen LogP contribution in [0.1, 0.15) is 24.8 Å². The molecular formula is C15H20N2O2. The number of nitrogens with zero attached hydrogens (tertiary/aromatic N) is 1. The van der Waals surface area contributed by atoms with Gasteiger partial charge in [0, 0.05) is 0 Å². The smallest absolute Gasteiger partial charge is 0.253 e. The molecule has 1 unspecified atom stereocenters. The Morgan fingerprint density at radius 1 is 1.32 bits per heavy atom. The van der Waals surface area contributed by atoms with Gasteiger partial charge in [0.2, 0.25) is 0 Å². The lowest BCUT2D eigenvalue weighted by molar-refractivity contribution is -0.119. The van der Waals surface area contributed by atoms with Gasteiger partial charge in [-0.05, 0) is 56.0 Å². The number of hydroxylamine groups is 1. The molecular weight excluding hydrogens is 240 g/mol. The number of anilines is 1. The first-order valence-electron chi connectivity index (χ1n) is 7.08. The summed E-state index contributed by atoms with van der Waals surface area (Å²) in [5, 5.41) is 4.85. The van der Waals surface area contributed by atoms with Crippen molar-refractivity contribution < 1.29 is 9.63 Å². The number of carbonyl (C=O) groups excluding carboxylic acids is 1. The monoisotopic (exact) mass is 260 g/mol. The van der Waals surface area contributed by atoms with Crippen LogP contribution in [0.15, 0.2) is 24.3 Å². The van der Waals surface area contributed by atoms with Gasteiger partial charge in [0.15, 0.2) is 0 Å². The van der Waals surface area contributed by atoms with Gasteiger partial charge in [-0.15, -0.1) is 0 Å². The highest BCUT2D eigenvalue weighted by Crippen LogP contribution is 2.22. The summed E-state index contributed by atoms with van der Waals surface area (Å²) in [7, 11) is 0. The third kappa shape index (κ3) is 2.96. The van der Waals surface area contributed by atoms with Gasteiger partial charge < -0.3 is 5.32 Å². The van der Waals surface area contributed by atoms with Crippen LogP contribution < -0.4 is 10.4 Å². The van der Waals surface area contributed by atoms with Crippen molar-refractivity contribution >= 4 is 11.6 Å². The fourth-order valence-corrected chi connectivity index (χ4v) is 2.82. The maximum atomic E-state index is 11.6. The van der Waals surface area contributed by atoms with E-state index in [1.807, 2.05) is 12.1 Å². The third-order valence-corrected chi connectivity index (χ3v) is 3.86. The molecule has 1 N–H and O–H groups in total. The molecule has 0 aromatic heterocycles. The molecule has 2 aliphatic rings. The van der Waals surface area contributed by atoms with Crippen molar-refractivity contribution in [3.8, 4) is 0 Å². The molecule has 4 nitrogen and oxygen atoms in total. The van der Waals surface area contributed by atoms with Gasteiger partial charge in [-0.2, -0.15) is 5.06 Å². The molecule has 4 heteroatoms. The van der Waals surface area contributed by atoms with E-state index in [0.717, 1.165) is 31.1 Å². The molecule has 0 spiro atoms. The molecule has 0 radical (unpaired) electrons. The fourth-order valence-electron chi connectivity index (χ4n) is 2.82. The number of benzene rings is 1. The summed E-state index contributed by atoms with van der Waals surface area (Å²) in [6.45, 7) is 2.77. The predicted octanol–water partition coefficient (Wildman–Crippen LogP) is 1.90. The average molecular weight is 260 g/mol. The van der Waals surface area contributed by atoms with Gasteiger partial charge in [0.05, 0.1) is 18.7 Å². The molecule has 3 rings (SSSR count). The van der Waals surface area contributed by atoms with E-state index in [1.54, 1.807) is 0 Å².